The number of carbonyl (C=O) groups excluding carboxylic acids is 1. The van der Waals surface area contributed by atoms with E-state index in [2.05, 4.69) is 16.8 Å². The number of benzene rings is 1. The molecule has 1 aromatic carbocycles. The molecule has 1 fully saturated rings. The Labute approximate surface area is 194 Å². The number of hydrogen-bond acceptors (Lipinski definition) is 5. The van der Waals surface area contributed by atoms with Crippen LogP contribution in [0, 0.1) is 0 Å². The lowest BCUT2D eigenvalue weighted by molar-refractivity contribution is 0.0959. The molecule has 0 aliphatic carbocycles. The average molecular weight is 459 g/mol. The highest BCUT2D eigenvalue weighted by Gasteiger charge is 2.17. The average Bonchev–Trinajstić information content (AvgIpc) is 3.34. The van der Waals surface area contributed by atoms with Gasteiger partial charge in [-0.25, -0.2) is 0 Å². The van der Waals surface area contributed by atoms with Crippen molar-refractivity contribution in [3.63, 3.8) is 0 Å². The molecule has 0 radical (unpaired) electrons. The van der Waals surface area contributed by atoms with Gasteiger partial charge in [-0.3, -0.25) is 9.69 Å². The molecule has 0 unspecified atom stereocenters. The van der Waals surface area contributed by atoms with Crippen molar-refractivity contribution in [2.24, 2.45) is 0 Å². The third-order valence-corrected chi connectivity index (χ3v) is 4.73. The van der Waals surface area contributed by atoms with Gasteiger partial charge in [0.05, 0.1) is 19.8 Å². The van der Waals surface area contributed by atoms with Crippen molar-refractivity contribution >= 4 is 18.1 Å². The molecule has 31 heavy (non-hydrogen) atoms. The van der Waals surface area contributed by atoms with E-state index in [9.17, 15) is 8.68 Å². The molecule has 7 heteroatoms. The molecule has 2 rings (SSSR count). The van der Waals surface area contributed by atoms with Crippen molar-refractivity contribution in [1.82, 2.24) is 10.2 Å². The van der Waals surface area contributed by atoms with Crippen LogP contribution in [-0.2, 0) is 6.42 Å². The van der Waals surface area contributed by atoms with E-state index < -0.39 is 0 Å². The summed E-state index contributed by atoms with van der Waals surface area (Å²) < 4.78 is 22.5. The normalized spacial score (nSPS) is 12.1. The molecule has 1 aliphatic rings. The van der Waals surface area contributed by atoms with E-state index in [1.807, 2.05) is 39.8 Å². The van der Waals surface area contributed by atoms with Gasteiger partial charge in [-0.15, -0.1) is 6.58 Å². The van der Waals surface area contributed by atoms with Gasteiger partial charge in [0.25, 0.3) is 5.91 Å². The zero-order valence-electron chi connectivity index (χ0n) is 20.6. The minimum atomic E-state index is -0.239. The fourth-order valence-electron chi connectivity index (χ4n) is 2.95. The van der Waals surface area contributed by atoms with Crippen molar-refractivity contribution < 1.29 is 18.2 Å². The first-order chi connectivity index (χ1) is 15.1. The molecule has 1 N–H and O–H groups in total. The molecule has 0 saturated carbocycles. The third-order valence-electron chi connectivity index (χ3n) is 4.28. The number of rotatable bonds is 9. The summed E-state index contributed by atoms with van der Waals surface area (Å²) in [6.45, 7) is 15.3. The van der Waals surface area contributed by atoms with Gasteiger partial charge >= 0.3 is 0 Å². The molecule has 0 atom stereocenters. The molecular formula is C24H43FN2O3S. The van der Waals surface area contributed by atoms with Crippen LogP contribution in [0.2, 0.25) is 0 Å². The third kappa shape index (κ3) is 12.7. The molecule has 0 spiro atoms. The topological polar surface area (TPSA) is 50.8 Å². The quantitative estimate of drug-likeness (QED) is 0.367. The lowest BCUT2D eigenvalue weighted by Crippen LogP contribution is -2.19. The number of likely N-dealkylation sites (tertiary alicyclic amines) is 1. The fourth-order valence-corrected chi connectivity index (χ4v) is 3.20. The molecule has 5 nitrogen and oxygen atoms in total. The number of amides is 1. The first kappa shape index (κ1) is 31.5. The van der Waals surface area contributed by atoms with Crippen LogP contribution in [0.25, 0.3) is 0 Å². The van der Waals surface area contributed by atoms with Crippen LogP contribution in [0.4, 0.5) is 3.89 Å². The number of ether oxygens (including phenoxy) is 2. The van der Waals surface area contributed by atoms with Crippen molar-refractivity contribution in [3.8, 4) is 11.5 Å². The summed E-state index contributed by atoms with van der Waals surface area (Å²) in [5.74, 6) is 1.11. The number of methoxy groups -OCH3 is 2. The Balaban J connectivity index is 0. The summed E-state index contributed by atoms with van der Waals surface area (Å²) >= 11 is 0.318. The standard InChI is InChI=1S/C13H18FNO3S.C7H13N.2C2H6/c1-15-13(16)10-7-9(5-4-6-19-14)8-11(17-2)12(10)18-3;1-2-5-8-6-3-4-7-8;2*1-2/h7-8H,4-6H2,1-3H3,(H,15,16);2H,1,3-7H2;2*1-2H3. The highest BCUT2D eigenvalue weighted by molar-refractivity contribution is 7.94. The second-order valence-electron chi connectivity index (χ2n) is 6.17. The number of nitrogens with one attached hydrogen (secondary N) is 1. The molecule has 0 aromatic heterocycles. The van der Waals surface area contributed by atoms with Crippen molar-refractivity contribution in [2.45, 2.75) is 53.4 Å². The van der Waals surface area contributed by atoms with E-state index in [4.69, 9.17) is 9.47 Å². The maximum absolute atomic E-state index is 12.0. The number of carbonyl (C=O) groups is 1. The van der Waals surface area contributed by atoms with E-state index in [0.29, 0.717) is 47.8 Å². The molecular weight excluding hydrogens is 415 g/mol. The molecule has 0 bridgehead atoms. The second kappa shape index (κ2) is 21.5. The number of hydrogen-bond donors (Lipinski definition) is 1. The molecule has 1 heterocycles. The molecule has 180 valence electrons. The van der Waals surface area contributed by atoms with E-state index >= 15 is 0 Å². The Bertz CT molecular complexity index is 594. The van der Waals surface area contributed by atoms with Crippen LogP contribution in [0.5, 0.6) is 11.5 Å². The Morgan fingerprint density at radius 1 is 1.19 bits per heavy atom. The van der Waals surface area contributed by atoms with Crippen LogP contribution >= 0.6 is 12.1 Å². The Hall–Kier alpha value is -1.73. The van der Waals surface area contributed by atoms with E-state index in [-0.39, 0.29) is 5.91 Å². The summed E-state index contributed by atoms with van der Waals surface area (Å²) in [6.07, 6.45) is 6.12. The van der Waals surface area contributed by atoms with Gasteiger partial charge in [-0.2, -0.15) is 3.89 Å². The summed E-state index contributed by atoms with van der Waals surface area (Å²) in [5, 5.41) is 2.56. The second-order valence-corrected chi connectivity index (χ2v) is 6.80. The number of halogens is 1. The van der Waals surface area contributed by atoms with Gasteiger partial charge in [-0.1, -0.05) is 33.8 Å². The molecule has 1 amide bonds. The van der Waals surface area contributed by atoms with Gasteiger partial charge in [0, 0.05) is 31.5 Å². The van der Waals surface area contributed by atoms with Gasteiger partial charge < -0.3 is 14.8 Å². The van der Waals surface area contributed by atoms with Gasteiger partial charge in [-0.05, 0) is 56.5 Å². The summed E-state index contributed by atoms with van der Waals surface area (Å²) in [7, 11) is 4.57. The van der Waals surface area contributed by atoms with Crippen molar-refractivity contribution in [1.29, 1.82) is 0 Å². The van der Waals surface area contributed by atoms with E-state index in [0.717, 1.165) is 12.1 Å². The van der Waals surface area contributed by atoms with Crippen LogP contribution in [-0.4, -0.2) is 57.5 Å². The first-order valence-electron chi connectivity index (χ1n) is 11.1. The zero-order valence-corrected chi connectivity index (χ0v) is 21.4. The minimum absolute atomic E-state index is 0.239. The van der Waals surface area contributed by atoms with Crippen LogP contribution in [0.15, 0.2) is 24.8 Å². The fraction of sp³-hybridized carbons (Fsp3) is 0.625. The monoisotopic (exact) mass is 458 g/mol. The highest BCUT2D eigenvalue weighted by Crippen LogP contribution is 2.33. The van der Waals surface area contributed by atoms with Gasteiger partial charge in [0.15, 0.2) is 11.5 Å². The highest BCUT2D eigenvalue weighted by atomic mass is 32.2. The van der Waals surface area contributed by atoms with Crippen molar-refractivity contribution in [3.05, 3.63) is 35.9 Å². The molecule has 1 aliphatic heterocycles. The van der Waals surface area contributed by atoms with Crippen LogP contribution in [0.3, 0.4) is 0 Å². The first-order valence-corrected chi connectivity index (χ1v) is 12.0. The Morgan fingerprint density at radius 2 is 1.81 bits per heavy atom. The van der Waals surface area contributed by atoms with Crippen LogP contribution < -0.4 is 14.8 Å². The van der Waals surface area contributed by atoms with E-state index in [1.54, 1.807) is 13.1 Å². The lowest BCUT2D eigenvalue weighted by atomic mass is 10.0. The molecule has 1 aromatic rings. The SMILES string of the molecule is C=CCN1CCCC1.CC.CC.CNC(=O)c1cc(CCCSF)cc(OC)c1OC. The smallest absolute Gasteiger partial charge is 0.254 e. The summed E-state index contributed by atoms with van der Waals surface area (Å²) in [6, 6.07) is 3.57. The zero-order chi connectivity index (χ0) is 24.1. The molecule has 1 saturated heterocycles. The number of nitrogens with zero attached hydrogens (tertiary/aromatic N) is 1. The minimum Gasteiger partial charge on any atom is -0.493 e. The predicted octanol–water partition coefficient (Wildman–Crippen LogP) is 5.93. The van der Waals surface area contributed by atoms with E-state index in [1.165, 1.54) is 40.2 Å². The van der Waals surface area contributed by atoms with Gasteiger partial charge in [0.1, 0.15) is 0 Å². The Kier molecular flexibility index (Phi) is 21.8. The lowest BCUT2D eigenvalue weighted by Gasteiger charge is -2.14. The summed E-state index contributed by atoms with van der Waals surface area (Å²) in [5.41, 5.74) is 1.34. The predicted molar refractivity (Wildman–Crippen MR) is 133 cm³/mol. The Morgan fingerprint density at radius 3 is 2.26 bits per heavy atom. The largest absolute Gasteiger partial charge is 0.493 e. The maximum atomic E-state index is 12.0. The van der Waals surface area contributed by atoms with Gasteiger partial charge in [0.2, 0.25) is 0 Å². The summed E-state index contributed by atoms with van der Waals surface area (Å²) in [4.78, 5) is 14.3. The maximum Gasteiger partial charge on any atom is 0.254 e. The van der Waals surface area contributed by atoms with Crippen molar-refractivity contribution in [2.75, 3.05) is 46.7 Å². The number of aryl methyl sites for hydroxylation is 1. The van der Waals surface area contributed by atoms with Crippen LogP contribution in [0.1, 0.15) is 62.9 Å².